The lowest BCUT2D eigenvalue weighted by Gasteiger charge is -2.25. The molecule has 1 aliphatic heterocycles. The van der Waals surface area contributed by atoms with Gasteiger partial charge in [-0.2, -0.15) is 0 Å². The molecule has 1 rings (SSSR count). The van der Waals surface area contributed by atoms with Gasteiger partial charge in [-0.3, -0.25) is 0 Å². The summed E-state index contributed by atoms with van der Waals surface area (Å²) in [5.74, 6) is 1.89. The molecular formula is C12H25N. The number of rotatable bonds is 4. The van der Waals surface area contributed by atoms with Gasteiger partial charge < -0.3 is 4.90 Å². The van der Waals surface area contributed by atoms with Gasteiger partial charge in [0.25, 0.3) is 0 Å². The normalized spacial score (nSPS) is 35.5. The highest BCUT2D eigenvalue weighted by molar-refractivity contribution is 4.88. The highest BCUT2D eigenvalue weighted by Crippen LogP contribution is 2.34. The van der Waals surface area contributed by atoms with Crippen molar-refractivity contribution in [2.24, 2.45) is 11.8 Å². The quantitative estimate of drug-likeness (QED) is 0.647. The second-order valence-corrected chi connectivity index (χ2v) is 4.73. The molecule has 1 aliphatic rings. The second-order valence-electron chi connectivity index (χ2n) is 4.73. The van der Waals surface area contributed by atoms with Gasteiger partial charge in [-0.15, -0.1) is 0 Å². The first-order chi connectivity index (χ1) is 6.20. The molecule has 1 saturated heterocycles. The van der Waals surface area contributed by atoms with Crippen LogP contribution in [0.5, 0.6) is 0 Å². The first kappa shape index (κ1) is 11.0. The molecule has 1 nitrogen and oxygen atoms in total. The Morgan fingerprint density at radius 2 is 1.77 bits per heavy atom. The SMILES string of the molecule is CCCC1C(CCC)N(C)C[C@H]1C. The monoisotopic (exact) mass is 183 g/mol. The molecule has 0 spiro atoms. The summed E-state index contributed by atoms with van der Waals surface area (Å²) in [6.45, 7) is 8.36. The summed E-state index contributed by atoms with van der Waals surface area (Å²) in [6, 6.07) is 0.875. The minimum atomic E-state index is 0.875. The molecule has 0 aromatic heterocycles. The number of hydrogen-bond donors (Lipinski definition) is 0. The highest BCUT2D eigenvalue weighted by atomic mass is 15.2. The molecule has 0 radical (unpaired) electrons. The maximum Gasteiger partial charge on any atom is 0.0123 e. The highest BCUT2D eigenvalue weighted by Gasteiger charge is 2.35. The van der Waals surface area contributed by atoms with Gasteiger partial charge in [0, 0.05) is 12.6 Å². The Morgan fingerprint density at radius 3 is 2.31 bits per heavy atom. The molecule has 78 valence electrons. The third-order valence-electron chi connectivity index (χ3n) is 3.57. The van der Waals surface area contributed by atoms with Crippen LogP contribution in [0.3, 0.4) is 0 Å². The predicted octanol–water partition coefficient (Wildman–Crippen LogP) is 3.15. The van der Waals surface area contributed by atoms with Crippen molar-refractivity contribution >= 4 is 0 Å². The molecule has 1 heterocycles. The molecule has 2 unspecified atom stereocenters. The van der Waals surface area contributed by atoms with Gasteiger partial charge in [0.1, 0.15) is 0 Å². The topological polar surface area (TPSA) is 3.24 Å². The maximum atomic E-state index is 2.58. The van der Waals surface area contributed by atoms with E-state index in [4.69, 9.17) is 0 Å². The molecule has 3 atom stereocenters. The summed E-state index contributed by atoms with van der Waals surface area (Å²) in [4.78, 5) is 2.58. The largest absolute Gasteiger partial charge is 0.303 e. The maximum absolute atomic E-state index is 2.58. The predicted molar refractivity (Wildman–Crippen MR) is 58.9 cm³/mol. The lowest BCUT2D eigenvalue weighted by Crippen LogP contribution is -2.29. The zero-order chi connectivity index (χ0) is 9.84. The van der Waals surface area contributed by atoms with E-state index in [2.05, 4.69) is 32.7 Å². The molecule has 0 aromatic rings. The summed E-state index contributed by atoms with van der Waals surface area (Å²) >= 11 is 0. The van der Waals surface area contributed by atoms with Crippen molar-refractivity contribution in [3.8, 4) is 0 Å². The summed E-state index contributed by atoms with van der Waals surface area (Å²) in [6.07, 6.45) is 5.51. The standard InChI is InChI=1S/C12H25N/c1-5-7-11-10(3)9-13(4)12(11)8-6-2/h10-12H,5-9H2,1-4H3/t10-,11?,12?/m1/s1. The van der Waals surface area contributed by atoms with Gasteiger partial charge in [-0.1, -0.05) is 33.6 Å². The zero-order valence-corrected chi connectivity index (χ0v) is 9.71. The molecular weight excluding hydrogens is 158 g/mol. The van der Waals surface area contributed by atoms with E-state index in [-0.39, 0.29) is 0 Å². The van der Waals surface area contributed by atoms with Gasteiger partial charge in [-0.25, -0.2) is 0 Å². The molecule has 0 saturated carbocycles. The molecule has 0 aliphatic carbocycles. The van der Waals surface area contributed by atoms with Gasteiger partial charge in [0.2, 0.25) is 0 Å². The third kappa shape index (κ3) is 2.46. The van der Waals surface area contributed by atoms with Gasteiger partial charge in [-0.05, 0) is 31.7 Å². The van der Waals surface area contributed by atoms with Crippen molar-refractivity contribution in [1.82, 2.24) is 4.90 Å². The van der Waals surface area contributed by atoms with Crippen molar-refractivity contribution in [3.05, 3.63) is 0 Å². The smallest absolute Gasteiger partial charge is 0.0123 e. The van der Waals surface area contributed by atoms with E-state index in [1.165, 1.54) is 32.2 Å². The van der Waals surface area contributed by atoms with Crippen LogP contribution in [-0.4, -0.2) is 24.5 Å². The summed E-state index contributed by atoms with van der Waals surface area (Å²) in [5, 5.41) is 0. The minimum absolute atomic E-state index is 0.875. The van der Waals surface area contributed by atoms with E-state index in [1.54, 1.807) is 0 Å². The van der Waals surface area contributed by atoms with E-state index >= 15 is 0 Å². The van der Waals surface area contributed by atoms with Crippen molar-refractivity contribution in [2.75, 3.05) is 13.6 Å². The average molecular weight is 183 g/mol. The van der Waals surface area contributed by atoms with Crippen molar-refractivity contribution in [3.63, 3.8) is 0 Å². The lowest BCUT2D eigenvalue weighted by molar-refractivity contribution is 0.244. The first-order valence-electron chi connectivity index (χ1n) is 5.90. The van der Waals surface area contributed by atoms with E-state index in [1.807, 2.05) is 0 Å². The van der Waals surface area contributed by atoms with Crippen LogP contribution >= 0.6 is 0 Å². The Labute approximate surface area is 83.5 Å². The van der Waals surface area contributed by atoms with E-state index in [0.717, 1.165) is 17.9 Å². The van der Waals surface area contributed by atoms with E-state index < -0.39 is 0 Å². The third-order valence-corrected chi connectivity index (χ3v) is 3.57. The van der Waals surface area contributed by atoms with Crippen LogP contribution in [0.15, 0.2) is 0 Å². The summed E-state index contributed by atoms with van der Waals surface area (Å²) in [7, 11) is 2.30. The van der Waals surface area contributed by atoms with Gasteiger partial charge >= 0.3 is 0 Å². The Hall–Kier alpha value is -0.0400. The van der Waals surface area contributed by atoms with Crippen LogP contribution in [0.25, 0.3) is 0 Å². The minimum Gasteiger partial charge on any atom is -0.303 e. The van der Waals surface area contributed by atoms with Crippen LogP contribution in [0.1, 0.15) is 46.5 Å². The molecule has 0 amide bonds. The lowest BCUT2D eigenvalue weighted by atomic mass is 9.86. The number of likely N-dealkylation sites (tertiary alicyclic amines) is 1. The van der Waals surface area contributed by atoms with Gasteiger partial charge in [0.05, 0.1) is 0 Å². The summed E-state index contributed by atoms with van der Waals surface area (Å²) < 4.78 is 0. The molecule has 0 aromatic carbocycles. The van der Waals surface area contributed by atoms with Crippen LogP contribution < -0.4 is 0 Å². The van der Waals surface area contributed by atoms with E-state index in [9.17, 15) is 0 Å². The second kappa shape index (κ2) is 4.99. The van der Waals surface area contributed by atoms with Gasteiger partial charge in [0.15, 0.2) is 0 Å². The van der Waals surface area contributed by atoms with Crippen LogP contribution in [0, 0.1) is 11.8 Å². The molecule has 13 heavy (non-hydrogen) atoms. The number of hydrogen-bond acceptors (Lipinski definition) is 1. The molecule has 0 bridgehead atoms. The Morgan fingerprint density at radius 1 is 1.15 bits per heavy atom. The van der Waals surface area contributed by atoms with Crippen molar-refractivity contribution in [2.45, 2.75) is 52.5 Å². The fourth-order valence-electron chi connectivity index (χ4n) is 2.97. The van der Waals surface area contributed by atoms with Crippen LogP contribution in [-0.2, 0) is 0 Å². The van der Waals surface area contributed by atoms with Crippen LogP contribution in [0.2, 0.25) is 0 Å². The Bertz CT molecular complexity index is 128. The molecule has 1 fully saturated rings. The fourth-order valence-corrected chi connectivity index (χ4v) is 2.97. The van der Waals surface area contributed by atoms with E-state index in [0.29, 0.717) is 0 Å². The number of nitrogens with zero attached hydrogens (tertiary/aromatic N) is 1. The van der Waals surface area contributed by atoms with Crippen molar-refractivity contribution < 1.29 is 0 Å². The Balaban J connectivity index is 2.54. The van der Waals surface area contributed by atoms with Crippen molar-refractivity contribution in [1.29, 1.82) is 0 Å². The molecule has 1 heteroatoms. The fraction of sp³-hybridized carbons (Fsp3) is 1.00. The molecule has 0 N–H and O–H groups in total. The summed E-state index contributed by atoms with van der Waals surface area (Å²) in [5.41, 5.74) is 0. The first-order valence-corrected chi connectivity index (χ1v) is 5.90. The average Bonchev–Trinajstić information content (AvgIpc) is 2.33. The Kier molecular flexibility index (Phi) is 4.24. The zero-order valence-electron chi connectivity index (χ0n) is 9.71. The van der Waals surface area contributed by atoms with Crippen LogP contribution in [0.4, 0.5) is 0 Å².